The molecule has 0 saturated heterocycles. The number of aryl methyl sites for hydroxylation is 4. The molecule has 1 aromatic heterocycles. The van der Waals surface area contributed by atoms with Crippen molar-refractivity contribution in [3.8, 4) is 22.4 Å². The predicted molar refractivity (Wildman–Crippen MR) is 142 cm³/mol. The van der Waals surface area contributed by atoms with Crippen molar-refractivity contribution in [3.05, 3.63) is 76.0 Å². The quantitative estimate of drug-likeness (QED) is 0.270. The smallest absolute Gasteiger partial charge is 0.201 e. The van der Waals surface area contributed by atoms with Crippen LogP contribution in [0.25, 0.3) is 22.4 Å². The van der Waals surface area contributed by atoms with Gasteiger partial charge in [-0.3, -0.25) is 0 Å². The van der Waals surface area contributed by atoms with E-state index in [-0.39, 0.29) is 0 Å². The number of hydrogen-bond donors (Lipinski definition) is 0. The number of hydrogen-bond acceptors (Lipinski definition) is 0. The van der Waals surface area contributed by atoms with Crippen molar-refractivity contribution in [3.63, 3.8) is 0 Å². The van der Waals surface area contributed by atoms with E-state index in [0.717, 1.165) is 12.3 Å². The highest BCUT2D eigenvalue weighted by Crippen LogP contribution is 2.53. The van der Waals surface area contributed by atoms with E-state index in [1.807, 2.05) is 0 Å². The lowest BCUT2D eigenvalue weighted by Gasteiger charge is -2.43. The van der Waals surface area contributed by atoms with Gasteiger partial charge in [-0.25, -0.2) is 4.57 Å². The lowest BCUT2D eigenvalue weighted by molar-refractivity contribution is -0.660. The maximum Gasteiger partial charge on any atom is 0.213 e. The zero-order chi connectivity index (χ0) is 23.4. The molecule has 1 heteroatoms. The highest BCUT2D eigenvalue weighted by Gasteiger charge is 2.38. The van der Waals surface area contributed by atoms with Gasteiger partial charge in [0, 0.05) is 11.6 Å². The van der Waals surface area contributed by atoms with Crippen molar-refractivity contribution in [2.75, 3.05) is 0 Å². The molecule has 1 nitrogen and oxygen atoms in total. The van der Waals surface area contributed by atoms with Crippen LogP contribution >= 0.6 is 0 Å². The molecule has 3 aliphatic rings. The monoisotopic (exact) mass is 450 g/mol. The van der Waals surface area contributed by atoms with Crippen molar-refractivity contribution in [2.45, 2.75) is 90.9 Å². The average Bonchev–Trinajstić information content (AvgIpc) is 3.22. The third-order valence-corrected chi connectivity index (χ3v) is 9.74. The van der Waals surface area contributed by atoms with Gasteiger partial charge >= 0.3 is 0 Å². The maximum atomic E-state index is 2.47. The van der Waals surface area contributed by atoms with Crippen LogP contribution in [0.3, 0.4) is 0 Å². The second kappa shape index (κ2) is 8.36. The first-order valence-corrected chi connectivity index (χ1v) is 13.7. The highest BCUT2D eigenvalue weighted by atomic mass is 14.9. The van der Waals surface area contributed by atoms with Crippen LogP contribution in [0.2, 0.25) is 0 Å². The van der Waals surface area contributed by atoms with Gasteiger partial charge in [0.05, 0.1) is 5.56 Å². The minimum absolute atomic E-state index is 0.687. The summed E-state index contributed by atoms with van der Waals surface area (Å²) in [6, 6.07) is 14.4. The van der Waals surface area contributed by atoms with Crippen LogP contribution in [0.15, 0.2) is 42.6 Å². The van der Waals surface area contributed by atoms with Gasteiger partial charge < -0.3 is 0 Å². The fourth-order valence-corrected chi connectivity index (χ4v) is 7.64. The Labute approximate surface area is 206 Å². The molecular formula is C33H40N+. The molecule has 0 unspecified atom stereocenters. The Hall–Kier alpha value is -2.41. The van der Waals surface area contributed by atoms with Crippen LogP contribution in [0.1, 0.15) is 97.1 Å². The Morgan fingerprint density at radius 1 is 0.794 bits per heavy atom. The van der Waals surface area contributed by atoms with Crippen LogP contribution in [-0.4, -0.2) is 0 Å². The van der Waals surface area contributed by atoms with Gasteiger partial charge in [-0.15, -0.1) is 0 Å². The van der Waals surface area contributed by atoms with E-state index in [0.29, 0.717) is 5.41 Å². The minimum Gasteiger partial charge on any atom is -0.201 e. The summed E-state index contributed by atoms with van der Waals surface area (Å²) in [6.07, 6.45) is 16.4. The van der Waals surface area contributed by atoms with Gasteiger partial charge in [0.1, 0.15) is 7.05 Å². The summed E-state index contributed by atoms with van der Waals surface area (Å²) < 4.78 is 2.33. The molecule has 6 rings (SSSR count). The molecule has 0 atom stereocenters. The molecule has 176 valence electrons. The minimum atomic E-state index is 0.687. The molecule has 2 aromatic carbocycles. The van der Waals surface area contributed by atoms with Crippen molar-refractivity contribution in [1.29, 1.82) is 0 Å². The fraction of sp³-hybridized carbons (Fsp3) is 0.485. The molecule has 3 aliphatic carbocycles. The first-order chi connectivity index (χ1) is 16.5. The molecule has 0 amide bonds. The Kier molecular flexibility index (Phi) is 5.43. The third kappa shape index (κ3) is 3.55. The first-order valence-electron chi connectivity index (χ1n) is 13.7. The molecule has 1 spiro atoms. The van der Waals surface area contributed by atoms with Gasteiger partial charge in [0.15, 0.2) is 6.20 Å². The molecule has 1 heterocycles. The highest BCUT2D eigenvalue weighted by molar-refractivity contribution is 5.87. The van der Waals surface area contributed by atoms with E-state index in [1.165, 1.54) is 91.3 Å². The van der Waals surface area contributed by atoms with E-state index in [9.17, 15) is 0 Å². The number of aromatic nitrogens is 1. The van der Waals surface area contributed by atoms with Crippen LogP contribution < -0.4 is 4.57 Å². The molecule has 2 saturated carbocycles. The summed E-state index contributed by atoms with van der Waals surface area (Å²) in [6.45, 7) is 6.75. The van der Waals surface area contributed by atoms with Crippen LogP contribution in [0.4, 0.5) is 0 Å². The third-order valence-electron chi connectivity index (χ3n) is 9.74. The van der Waals surface area contributed by atoms with E-state index in [1.54, 1.807) is 22.3 Å². The van der Waals surface area contributed by atoms with Crippen molar-refractivity contribution < 1.29 is 4.57 Å². The van der Waals surface area contributed by atoms with Gasteiger partial charge in [-0.2, -0.15) is 0 Å². The van der Waals surface area contributed by atoms with Crippen molar-refractivity contribution in [2.24, 2.45) is 12.5 Å². The summed E-state index contributed by atoms with van der Waals surface area (Å²) in [5.41, 5.74) is 15.4. The summed E-state index contributed by atoms with van der Waals surface area (Å²) in [7, 11) is 2.21. The number of fused-ring (bicyclic) bond motifs is 3. The van der Waals surface area contributed by atoms with E-state index in [4.69, 9.17) is 0 Å². The Morgan fingerprint density at radius 2 is 1.56 bits per heavy atom. The number of nitrogens with zero attached hydrogens (tertiary/aromatic N) is 1. The summed E-state index contributed by atoms with van der Waals surface area (Å²) in [4.78, 5) is 0. The van der Waals surface area contributed by atoms with Crippen molar-refractivity contribution >= 4 is 0 Å². The second-order valence-electron chi connectivity index (χ2n) is 11.8. The molecule has 2 fully saturated rings. The average molecular weight is 451 g/mol. The second-order valence-corrected chi connectivity index (χ2v) is 11.8. The number of rotatable bonds is 2. The molecule has 0 radical (unpaired) electrons. The first kappa shape index (κ1) is 22.1. The summed E-state index contributed by atoms with van der Waals surface area (Å²) in [5.74, 6) is 0.732. The Bertz CT molecular complexity index is 1250. The molecule has 0 N–H and O–H groups in total. The van der Waals surface area contributed by atoms with E-state index < -0.39 is 0 Å². The van der Waals surface area contributed by atoms with Gasteiger partial charge in [-0.05, 0) is 116 Å². The molecule has 0 bridgehead atoms. The van der Waals surface area contributed by atoms with E-state index >= 15 is 0 Å². The number of pyridine rings is 1. The normalized spacial score (nSPS) is 19.3. The lowest BCUT2D eigenvalue weighted by atomic mass is 9.62. The van der Waals surface area contributed by atoms with Crippen molar-refractivity contribution in [1.82, 2.24) is 0 Å². The Morgan fingerprint density at radius 3 is 2.32 bits per heavy atom. The van der Waals surface area contributed by atoms with Gasteiger partial charge in [0.2, 0.25) is 5.69 Å². The van der Waals surface area contributed by atoms with Crippen LogP contribution in [0, 0.1) is 26.2 Å². The standard InChI is InChI=1S/C33H40N/c1-22-11-12-28-29(31(22)30-19-23(2)24(3)21-34(30)4)20-26-9-8-10-27(32(26)28)25-13-17-33(18-14-25)15-6-5-7-16-33/h8-12,19,21,25H,5-7,13-18,20H2,1-4H3/q+1. The van der Waals surface area contributed by atoms with Crippen LogP contribution in [-0.2, 0) is 13.5 Å². The zero-order valence-corrected chi connectivity index (χ0v) is 21.6. The van der Waals surface area contributed by atoms with E-state index in [2.05, 4.69) is 75.0 Å². The molecular weight excluding hydrogens is 410 g/mol. The SMILES string of the molecule is Cc1cc(-c2c(C)ccc3c2Cc2cccc(C4CCC5(CCCCC5)CC4)c2-3)[n+](C)cc1C. The Balaban J connectivity index is 1.40. The zero-order valence-electron chi connectivity index (χ0n) is 21.6. The summed E-state index contributed by atoms with van der Waals surface area (Å²) in [5, 5.41) is 0. The van der Waals surface area contributed by atoms with Gasteiger partial charge in [0.25, 0.3) is 0 Å². The molecule has 34 heavy (non-hydrogen) atoms. The number of benzene rings is 2. The molecule has 0 aliphatic heterocycles. The largest absolute Gasteiger partial charge is 0.213 e. The maximum absolute atomic E-state index is 2.47. The fourth-order valence-electron chi connectivity index (χ4n) is 7.64. The summed E-state index contributed by atoms with van der Waals surface area (Å²) >= 11 is 0. The lowest BCUT2D eigenvalue weighted by Crippen LogP contribution is -2.32. The van der Waals surface area contributed by atoms with Crippen LogP contribution in [0.5, 0.6) is 0 Å². The predicted octanol–water partition coefficient (Wildman–Crippen LogP) is 8.28. The van der Waals surface area contributed by atoms with Gasteiger partial charge in [-0.1, -0.05) is 49.6 Å². The molecule has 3 aromatic rings. The topological polar surface area (TPSA) is 3.88 Å².